The van der Waals surface area contributed by atoms with Gasteiger partial charge in [0.05, 0.1) is 17.5 Å². The van der Waals surface area contributed by atoms with E-state index in [0.29, 0.717) is 18.2 Å². The molecule has 1 aromatic rings. The SMILES string of the molecule is Cc1cc(C2CCCN2S(=O)(=O)CC(C)CCl)on1. The molecule has 108 valence electrons. The van der Waals surface area contributed by atoms with E-state index in [1.54, 1.807) is 0 Å². The zero-order chi connectivity index (χ0) is 14.0. The first-order chi connectivity index (χ1) is 8.94. The third kappa shape index (κ3) is 3.30. The van der Waals surface area contributed by atoms with Crippen LogP contribution in [0.1, 0.15) is 37.3 Å². The first-order valence-electron chi connectivity index (χ1n) is 6.42. The van der Waals surface area contributed by atoms with Crippen LogP contribution >= 0.6 is 11.6 Å². The molecule has 2 unspecified atom stereocenters. The second-order valence-corrected chi connectivity index (χ2v) is 7.45. The predicted octanol–water partition coefficient (Wildman–Crippen LogP) is 2.32. The second-order valence-electron chi connectivity index (χ2n) is 5.18. The van der Waals surface area contributed by atoms with Gasteiger partial charge in [0.15, 0.2) is 5.76 Å². The molecule has 0 N–H and O–H groups in total. The molecule has 0 radical (unpaired) electrons. The van der Waals surface area contributed by atoms with Crippen LogP contribution in [0.4, 0.5) is 0 Å². The maximum atomic E-state index is 12.4. The van der Waals surface area contributed by atoms with Crippen molar-refractivity contribution in [3.8, 4) is 0 Å². The van der Waals surface area contributed by atoms with Gasteiger partial charge in [-0.05, 0) is 25.7 Å². The average Bonchev–Trinajstić information content (AvgIpc) is 2.96. The van der Waals surface area contributed by atoms with Crippen LogP contribution in [0.25, 0.3) is 0 Å². The lowest BCUT2D eigenvalue weighted by Crippen LogP contribution is -2.34. The van der Waals surface area contributed by atoms with Gasteiger partial charge in [-0.1, -0.05) is 12.1 Å². The highest BCUT2D eigenvalue weighted by molar-refractivity contribution is 7.89. The summed E-state index contributed by atoms with van der Waals surface area (Å²) >= 11 is 5.71. The van der Waals surface area contributed by atoms with Crippen molar-refractivity contribution in [3.05, 3.63) is 17.5 Å². The van der Waals surface area contributed by atoms with Crippen LogP contribution in [0.2, 0.25) is 0 Å². The Morgan fingerprint density at radius 3 is 2.95 bits per heavy atom. The molecule has 2 rings (SSSR count). The fraction of sp³-hybridized carbons (Fsp3) is 0.750. The normalized spacial score (nSPS) is 22.8. The maximum Gasteiger partial charge on any atom is 0.215 e. The number of aryl methyl sites for hydroxylation is 1. The van der Waals surface area contributed by atoms with E-state index in [4.69, 9.17) is 16.1 Å². The van der Waals surface area contributed by atoms with E-state index in [2.05, 4.69) is 5.16 Å². The summed E-state index contributed by atoms with van der Waals surface area (Å²) in [5.74, 6) is 1.01. The first-order valence-corrected chi connectivity index (χ1v) is 8.57. The molecule has 7 heteroatoms. The van der Waals surface area contributed by atoms with Crippen molar-refractivity contribution in [3.63, 3.8) is 0 Å². The lowest BCUT2D eigenvalue weighted by Gasteiger charge is -2.23. The van der Waals surface area contributed by atoms with Crippen LogP contribution in [-0.4, -0.2) is 36.1 Å². The quantitative estimate of drug-likeness (QED) is 0.783. The van der Waals surface area contributed by atoms with E-state index in [9.17, 15) is 8.42 Å². The summed E-state index contributed by atoms with van der Waals surface area (Å²) in [6.07, 6.45) is 1.63. The Morgan fingerprint density at radius 1 is 1.63 bits per heavy atom. The average molecular weight is 307 g/mol. The third-order valence-electron chi connectivity index (χ3n) is 3.29. The van der Waals surface area contributed by atoms with Gasteiger partial charge in [-0.25, -0.2) is 8.42 Å². The van der Waals surface area contributed by atoms with Gasteiger partial charge in [0.2, 0.25) is 10.0 Å². The zero-order valence-corrected chi connectivity index (χ0v) is 12.7. The molecule has 0 amide bonds. The molecule has 0 saturated carbocycles. The van der Waals surface area contributed by atoms with Gasteiger partial charge in [-0.2, -0.15) is 4.31 Å². The molecule has 0 bridgehead atoms. The fourth-order valence-electron chi connectivity index (χ4n) is 2.40. The van der Waals surface area contributed by atoms with Crippen molar-refractivity contribution in [2.24, 2.45) is 5.92 Å². The summed E-state index contributed by atoms with van der Waals surface area (Å²) in [6.45, 7) is 4.21. The Balaban J connectivity index is 2.19. The Morgan fingerprint density at radius 2 is 2.37 bits per heavy atom. The fourth-order valence-corrected chi connectivity index (χ4v) is 4.67. The van der Waals surface area contributed by atoms with E-state index in [-0.39, 0.29) is 17.7 Å². The van der Waals surface area contributed by atoms with Crippen LogP contribution in [0, 0.1) is 12.8 Å². The molecule has 2 heterocycles. The summed E-state index contributed by atoms with van der Waals surface area (Å²) in [5, 5.41) is 3.84. The highest BCUT2D eigenvalue weighted by atomic mass is 35.5. The summed E-state index contributed by atoms with van der Waals surface area (Å²) in [5.41, 5.74) is 0.772. The van der Waals surface area contributed by atoms with Crippen molar-refractivity contribution in [1.82, 2.24) is 9.46 Å². The Hall–Kier alpha value is -0.590. The van der Waals surface area contributed by atoms with Crippen molar-refractivity contribution in [2.45, 2.75) is 32.7 Å². The third-order valence-corrected chi connectivity index (χ3v) is 5.96. The van der Waals surface area contributed by atoms with Crippen LogP contribution in [0.3, 0.4) is 0 Å². The van der Waals surface area contributed by atoms with Gasteiger partial charge in [0.25, 0.3) is 0 Å². The zero-order valence-electron chi connectivity index (χ0n) is 11.2. The van der Waals surface area contributed by atoms with E-state index in [0.717, 1.165) is 18.5 Å². The Kier molecular flexibility index (Phi) is 4.53. The molecule has 1 fully saturated rings. The van der Waals surface area contributed by atoms with Crippen molar-refractivity contribution >= 4 is 21.6 Å². The van der Waals surface area contributed by atoms with E-state index in [1.807, 2.05) is 19.9 Å². The number of rotatable bonds is 5. The van der Waals surface area contributed by atoms with Crippen molar-refractivity contribution < 1.29 is 12.9 Å². The number of nitrogens with zero attached hydrogens (tertiary/aromatic N) is 2. The molecule has 1 aliphatic heterocycles. The Labute approximate surface area is 118 Å². The molecule has 2 atom stereocenters. The molecular weight excluding hydrogens is 288 g/mol. The van der Waals surface area contributed by atoms with Gasteiger partial charge in [0, 0.05) is 18.5 Å². The van der Waals surface area contributed by atoms with Gasteiger partial charge >= 0.3 is 0 Å². The van der Waals surface area contributed by atoms with Gasteiger partial charge in [-0.3, -0.25) is 0 Å². The van der Waals surface area contributed by atoms with E-state index in [1.165, 1.54) is 4.31 Å². The first kappa shape index (κ1) is 14.8. The number of alkyl halides is 1. The minimum atomic E-state index is -3.30. The summed E-state index contributed by atoms with van der Waals surface area (Å²) in [7, 11) is -3.30. The maximum absolute atomic E-state index is 12.4. The van der Waals surface area contributed by atoms with Crippen molar-refractivity contribution in [1.29, 1.82) is 0 Å². The summed E-state index contributed by atoms with van der Waals surface area (Å²) in [6, 6.07) is 1.59. The largest absolute Gasteiger partial charge is 0.359 e. The predicted molar refractivity (Wildman–Crippen MR) is 73.6 cm³/mol. The minimum Gasteiger partial charge on any atom is -0.359 e. The molecule has 0 aromatic carbocycles. The molecule has 0 aliphatic carbocycles. The van der Waals surface area contributed by atoms with E-state index < -0.39 is 10.0 Å². The standard InChI is InChI=1S/C12H19ClN2O3S/c1-9(7-13)8-19(16,17)15-5-3-4-11(15)12-6-10(2)14-18-12/h6,9,11H,3-5,7-8H2,1-2H3. The number of aromatic nitrogens is 1. The van der Waals surface area contributed by atoms with Crippen molar-refractivity contribution in [2.75, 3.05) is 18.2 Å². The van der Waals surface area contributed by atoms with Gasteiger partial charge < -0.3 is 4.52 Å². The number of halogens is 1. The molecule has 5 nitrogen and oxygen atoms in total. The molecular formula is C12H19ClN2O3S. The smallest absolute Gasteiger partial charge is 0.215 e. The van der Waals surface area contributed by atoms with Crippen LogP contribution < -0.4 is 0 Å². The molecule has 1 aliphatic rings. The molecule has 0 spiro atoms. The monoisotopic (exact) mass is 306 g/mol. The van der Waals surface area contributed by atoms with Gasteiger partial charge in [0.1, 0.15) is 0 Å². The molecule has 19 heavy (non-hydrogen) atoms. The Bertz CT molecular complexity index is 529. The lowest BCUT2D eigenvalue weighted by molar-refractivity contribution is 0.296. The summed E-state index contributed by atoms with van der Waals surface area (Å²) in [4.78, 5) is 0. The summed E-state index contributed by atoms with van der Waals surface area (Å²) < 4.78 is 31.6. The second kappa shape index (κ2) is 5.81. The molecule has 1 saturated heterocycles. The van der Waals surface area contributed by atoms with E-state index >= 15 is 0 Å². The highest BCUT2D eigenvalue weighted by Crippen LogP contribution is 2.35. The van der Waals surface area contributed by atoms with Crippen LogP contribution in [0.5, 0.6) is 0 Å². The van der Waals surface area contributed by atoms with Gasteiger partial charge in [-0.15, -0.1) is 11.6 Å². The minimum absolute atomic E-state index is 0.0515. The topological polar surface area (TPSA) is 63.4 Å². The highest BCUT2D eigenvalue weighted by Gasteiger charge is 2.37. The number of hydrogen-bond acceptors (Lipinski definition) is 4. The van der Waals surface area contributed by atoms with Crippen LogP contribution in [-0.2, 0) is 10.0 Å². The number of sulfonamides is 1. The molecule has 1 aromatic heterocycles. The lowest BCUT2D eigenvalue weighted by atomic mass is 10.2. The number of hydrogen-bond donors (Lipinski definition) is 0. The van der Waals surface area contributed by atoms with Crippen LogP contribution in [0.15, 0.2) is 10.6 Å².